The van der Waals surface area contributed by atoms with Gasteiger partial charge in [0.15, 0.2) is 0 Å². The molecule has 0 aliphatic carbocycles. The standard InChI is InChI=1S/C14H22N2O4S/c1-4-11-21(18,19)15-9-10-16(12(2)17)13-5-7-14(20-3)8-6-13/h5-8,15H,4,9-11H2,1-3H3. The van der Waals surface area contributed by atoms with Crippen LogP contribution in [0.2, 0.25) is 0 Å². The Morgan fingerprint density at radius 1 is 1.29 bits per heavy atom. The Bertz CT molecular complexity index is 555. The molecule has 1 aromatic carbocycles. The van der Waals surface area contributed by atoms with Crippen LogP contribution in [0.4, 0.5) is 5.69 Å². The van der Waals surface area contributed by atoms with Gasteiger partial charge < -0.3 is 9.64 Å². The molecule has 0 saturated heterocycles. The van der Waals surface area contributed by atoms with E-state index in [0.717, 1.165) is 0 Å². The van der Waals surface area contributed by atoms with Crippen molar-refractivity contribution in [3.8, 4) is 5.75 Å². The van der Waals surface area contributed by atoms with Gasteiger partial charge in [0, 0.05) is 25.7 Å². The Kier molecular flexibility index (Phi) is 6.64. The molecule has 0 aromatic heterocycles. The number of sulfonamides is 1. The van der Waals surface area contributed by atoms with Gasteiger partial charge in [0.05, 0.1) is 12.9 Å². The highest BCUT2D eigenvalue weighted by atomic mass is 32.2. The second-order valence-electron chi connectivity index (χ2n) is 4.58. The van der Waals surface area contributed by atoms with Crippen molar-refractivity contribution in [3.63, 3.8) is 0 Å². The zero-order chi connectivity index (χ0) is 15.9. The molecule has 1 aromatic rings. The maximum Gasteiger partial charge on any atom is 0.223 e. The van der Waals surface area contributed by atoms with E-state index in [2.05, 4.69) is 4.72 Å². The number of hydrogen-bond acceptors (Lipinski definition) is 4. The summed E-state index contributed by atoms with van der Waals surface area (Å²) in [7, 11) is -1.68. The first-order valence-corrected chi connectivity index (χ1v) is 8.44. The van der Waals surface area contributed by atoms with Crippen molar-refractivity contribution in [3.05, 3.63) is 24.3 Å². The minimum absolute atomic E-state index is 0.0929. The molecule has 0 aliphatic rings. The smallest absolute Gasteiger partial charge is 0.223 e. The molecule has 21 heavy (non-hydrogen) atoms. The van der Waals surface area contributed by atoms with Crippen LogP contribution >= 0.6 is 0 Å². The normalized spacial score (nSPS) is 11.2. The van der Waals surface area contributed by atoms with Crippen LogP contribution in [0.3, 0.4) is 0 Å². The van der Waals surface area contributed by atoms with Gasteiger partial charge in [0.25, 0.3) is 0 Å². The number of amides is 1. The van der Waals surface area contributed by atoms with Gasteiger partial charge in [-0.1, -0.05) is 6.92 Å². The largest absolute Gasteiger partial charge is 0.497 e. The van der Waals surface area contributed by atoms with Crippen molar-refractivity contribution in [1.29, 1.82) is 0 Å². The summed E-state index contributed by atoms with van der Waals surface area (Å²) < 4.78 is 30.7. The third-order valence-electron chi connectivity index (χ3n) is 2.89. The summed E-state index contributed by atoms with van der Waals surface area (Å²) in [5, 5.41) is 0. The number of methoxy groups -OCH3 is 1. The summed E-state index contributed by atoms with van der Waals surface area (Å²) in [5.41, 5.74) is 0.706. The zero-order valence-corrected chi connectivity index (χ0v) is 13.4. The van der Waals surface area contributed by atoms with E-state index in [4.69, 9.17) is 4.74 Å². The summed E-state index contributed by atoms with van der Waals surface area (Å²) >= 11 is 0. The van der Waals surface area contributed by atoms with E-state index in [1.165, 1.54) is 11.8 Å². The first-order chi connectivity index (χ1) is 9.89. The predicted molar refractivity (Wildman–Crippen MR) is 83.1 cm³/mol. The topological polar surface area (TPSA) is 75.7 Å². The highest BCUT2D eigenvalue weighted by Gasteiger charge is 2.13. The maximum atomic E-state index is 11.7. The van der Waals surface area contributed by atoms with Crippen molar-refractivity contribution in [2.45, 2.75) is 20.3 Å². The van der Waals surface area contributed by atoms with Gasteiger partial charge >= 0.3 is 0 Å². The lowest BCUT2D eigenvalue weighted by Crippen LogP contribution is -2.38. The second kappa shape index (κ2) is 7.99. The number of nitrogens with one attached hydrogen (secondary N) is 1. The molecule has 0 saturated carbocycles. The number of carbonyl (C=O) groups is 1. The van der Waals surface area contributed by atoms with E-state index in [-0.39, 0.29) is 24.7 Å². The first-order valence-electron chi connectivity index (χ1n) is 6.79. The summed E-state index contributed by atoms with van der Waals surface area (Å²) in [6.45, 7) is 3.72. The molecule has 0 fully saturated rings. The van der Waals surface area contributed by atoms with Gasteiger partial charge in [-0.2, -0.15) is 0 Å². The Morgan fingerprint density at radius 3 is 2.38 bits per heavy atom. The second-order valence-corrected chi connectivity index (χ2v) is 6.51. The molecule has 0 heterocycles. The Hall–Kier alpha value is -1.60. The molecule has 6 nitrogen and oxygen atoms in total. The lowest BCUT2D eigenvalue weighted by atomic mass is 10.2. The average molecular weight is 314 g/mol. The van der Waals surface area contributed by atoms with Crippen molar-refractivity contribution >= 4 is 21.6 Å². The molecule has 1 N–H and O–H groups in total. The fraction of sp³-hybridized carbons (Fsp3) is 0.500. The van der Waals surface area contributed by atoms with Crippen LogP contribution in [-0.2, 0) is 14.8 Å². The molecule has 0 spiro atoms. The fourth-order valence-electron chi connectivity index (χ4n) is 1.88. The summed E-state index contributed by atoms with van der Waals surface area (Å²) in [4.78, 5) is 13.2. The van der Waals surface area contributed by atoms with E-state index < -0.39 is 10.0 Å². The zero-order valence-electron chi connectivity index (χ0n) is 12.6. The van der Waals surface area contributed by atoms with Gasteiger partial charge in [-0.25, -0.2) is 13.1 Å². The van der Waals surface area contributed by atoms with Crippen LogP contribution in [0.15, 0.2) is 24.3 Å². The van der Waals surface area contributed by atoms with Crippen molar-refractivity contribution in [1.82, 2.24) is 4.72 Å². The number of benzene rings is 1. The van der Waals surface area contributed by atoms with Gasteiger partial charge in [-0.3, -0.25) is 4.79 Å². The van der Waals surface area contributed by atoms with E-state index in [1.807, 2.05) is 0 Å². The number of rotatable bonds is 8. The minimum atomic E-state index is -3.25. The molecular weight excluding hydrogens is 292 g/mol. The van der Waals surface area contributed by atoms with Gasteiger partial charge in [-0.05, 0) is 30.7 Å². The monoisotopic (exact) mass is 314 g/mol. The number of nitrogens with zero attached hydrogens (tertiary/aromatic N) is 1. The molecule has 118 valence electrons. The Balaban J connectivity index is 2.68. The average Bonchev–Trinajstić information content (AvgIpc) is 2.43. The highest BCUT2D eigenvalue weighted by Crippen LogP contribution is 2.19. The van der Waals surface area contributed by atoms with Gasteiger partial charge in [0.2, 0.25) is 15.9 Å². The molecule has 1 amide bonds. The molecule has 0 bridgehead atoms. The van der Waals surface area contributed by atoms with Crippen LogP contribution in [0, 0.1) is 0 Å². The van der Waals surface area contributed by atoms with E-state index in [9.17, 15) is 13.2 Å². The van der Waals surface area contributed by atoms with Crippen molar-refractivity contribution in [2.24, 2.45) is 0 Å². The van der Waals surface area contributed by atoms with E-state index in [0.29, 0.717) is 17.9 Å². The minimum Gasteiger partial charge on any atom is -0.497 e. The van der Waals surface area contributed by atoms with Crippen LogP contribution in [0.25, 0.3) is 0 Å². The molecule has 7 heteroatoms. The van der Waals surface area contributed by atoms with Crippen molar-refractivity contribution in [2.75, 3.05) is 30.9 Å². The maximum absolute atomic E-state index is 11.7. The van der Waals surface area contributed by atoms with Crippen LogP contribution < -0.4 is 14.4 Å². The molecule has 1 rings (SSSR count). The van der Waals surface area contributed by atoms with Gasteiger partial charge in [0.1, 0.15) is 5.75 Å². The van der Waals surface area contributed by atoms with Crippen LogP contribution in [-0.4, -0.2) is 40.3 Å². The third-order valence-corrected chi connectivity index (χ3v) is 4.48. The predicted octanol–water partition coefficient (Wildman–Crippen LogP) is 1.38. The lowest BCUT2D eigenvalue weighted by Gasteiger charge is -2.21. The quantitative estimate of drug-likeness (QED) is 0.786. The molecule has 0 atom stereocenters. The van der Waals surface area contributed by atoms with Crippen LogP contribution in [0.5, 0.6) is 5.75 Å². The first kappa shape index (κ1) is 17.5. The number of carbonyl (C=O) groups excluding carboxylic acids is 1. The Labute approximate surface area is 126 Å². The summed E-state index contributed by atoms with van der Waals surface area (Å²) in [5.74, 6) is 0.649. The summed E-state index contributed by atoms with van der Waals surface area (Å²) in [6.07, 6.45) is 0.560. The SMILES string of the molecule is CCCS(=O)(=O)NCCN(C(C)=O)c1ccc(OC)cc1. The van der Waals surface area contributed by atoms with E-state index >= 15 is 0 Å². The lowest BCUT2D eigenvalue weighted by molar-refractivity contribution is -0.116. The number of anilines is 1. The summed E-state index contributed by atoms with van der Waals surface area (Å²) in [6, 6.07) is 7.04. The van der Waals surface area contributed by atoms with E-state index in [1.54, 1.807) is 38.3 Å². The third kappa shape index (κ3) is 5.73. The van der Waals surface area contributed by atoms with Crippen LogP contribution in [0.1, 0.15) is 20.3 Å². The molecule has 0 unspecified atom stereocenters. The molecular formula is C14H22N2O4S. The number of ether oxygens (including phenoxy) is 1. The molecule has 0 aliphatic heterocycles. The fourth-order valence-corrected chi connectivity index (χ4v) is 2.97. The van der Waals surface area contributed by atoms with Crippen molar-refractivity contribution < 1.29 is 17.9 Å². The molecule has 0 radical (unpaired) electrons. The van der Waals surface area contributed by atoms with Gasteiger partial charge in [-0.15, -0.1) is 0 Å². The Morgan fingerprint density at radius 2 is 1.90 bits per heavy atom. The highest BCUT2D eigenvalue weighted by molar-refractivity contribution is 7.89. The number of hydrogen-bond donors (Lipinski definition) is 1.